The molecule has 0 aliphatic rings. The van der Waals surface area contributed by atoms with Gasteiger partial charge in [0.25, 0.3) is 0 Å². The van der Waals surface area contributed by atoms with E-state index in [1.807, 2.05) is 24.3 Å². The molecule has 0 atom stereocenters. The Kier molecular flexibility index (Phi) is 4.70. The number of pyridine rings is 1. The highest BCUT2D eigenvalue weighted by Crippen LogP contribution is 2.23. The zero-order valence-corrected chi connectivity index (χ0v) is 12.2. The van der Waals surface area contributed by atoms with Crippen molar-refractivity contribution in [1.82, 2.24) is 10.4 Å². The maximum atomic E-state index is 5.46. The van der Waals surface area contributed by atoms with Crippen molar-refractivity contribution in [3.05, 3.63) is 34.9 Å². The van der Waals surface area contributed by atoms with Gasteiger partial charge in [-0.3, -0.25) is 15.4 Å². The number of aromatic nitrogens is 1. The number of guanidine groups is 1. The number of nitrogens with two attached hydrogens (primary N) is 1. The number of rotatable bonds is 3. The van der Waals surface area contributed by atoms with Gasteiger partial charge in [0.2, 0.25) is 5.96 Å². The zero-order valence-electron chi connectivity index (χ0n) is 10.7. The second kappa shape index (κ2) is 6.49. The van der Waals surface area contributed by atoms with Gasteiger partial charge in [-0.25, -0.2) is 5.84 Å². The fourth-order valence-electron chi connectivity index (χ4n) is 1.71. The van der Waals surface area contributed by atoms with E-state index >= 15 is 0 Å². The summed E-state index contributed by atoms with van der Waals surface area (Å²) in [6.07, 6.45) is 2.74. The second-order valence-electron chi connectivity index (χ2n) is 4.03. The lowest BCUT2D eigenvalue weighted by molar-refractivity contribution is 0.905. The summed E-state index contributed by atoms with van der Waals surface area (Å²) in [5, 5.41) is 4.21. The Morgan fingerprint density at radius 2 is 2.32 bits per heavy atom. The summed E-state index contributed by atoms with van der Waals surface area (Å²) in [5.41, 5.74) is 4.32. The van der Waals surface area contributed by atoms with Crippen LogP contribution in [-0.2, 0) is 0 Å². The molecular weight excluding hydrogens is 306 g/mol. The first-order valence-corrected chi connectivity index (χ1v) is 6.86. The molecule has 0 saturated heterocycles. The first-order chi connectivity index (χ1) is 9.24. The van der Waals surface area contributed by atoms with Gasteiger partial charge in [0.1, 0.15) is 0 Å². The number of anilines is 1. The van der Waals surface area contributed by atoms with Crippen LogP contribution in [0, 0.1) is 0 Å². The van der Waals surface area contributed by atoms with Gasteiger partial charge in [0, 0.05) is 22.6 Å². The van der Waals surface area contributed by atoms with Crippen LogP contribution >= 0.6 is 15.9 Å². The topological polar surface area (TPSA) is 75.3 Å². The molecule has 1 heterocycles. The van der Waals surface area contributed by atoms with Gasteiger partial charge >= 0.3 is 0 Å². The van der Waals surface area contributed by atoms with Crippen LogP contribution in [0.5, 0.6) is 0 Å². The fraction of sp³-hybridized carbons (Fsp3) is 0.231. The third-order valence-electron chi connectivity index (χ3n) is 2.56. The highest BCUT2D eigenvalue weighted by molar-refractivity contribution is 9.10. The molecule has 0 bridgehead atoms. The summed E-state index contributed by atoms with van der Waals surface area (Å²) >= 11 is 3.42. The van der Waals surface area contributed by atoms with Crippen molar-refractivity contribution in [2.45, 2.75) is 13.3 Å². The van der Waals surface area contributed by atoms with E-state index < -0.39 is 0 Å². The number of hydrogen-bond acceptors (Lipinski definition) is 3. The smallest absolute Gasteiger partial charge is 0.210 e. The summed E-state index contributed by atoms with van der Waals surface area (Å²) in [7, 11) is 0. The Bertz CT molecular complexity index is 597. The molecule has 0 fully saturated rings. The molecule has 2 rings (SSSR count). The molecule has 1 aromatic carbocycles. The quantitative estimate of drug-likeness (QED) is 0.351. The molecule has 0 unspecified atom stereocenters. The van der Waals surface area contributed by atoms with Crippen molar-refractivity contribution in [3.63, 3.8) is 0 Å². The molecule has 0 saturated carbocycles. The second-order valence-corrected chi connectivity index (χ2v) is 4.95. The monoisotopic (exact) mass is 321 g/mol. The molecule has 0 radical (unpaired) electrons. The molecule has 0 amide bonds. The Balaban J connectivity index is 2.34. The minimum atomic E-state index is 0.541. The molecule has 5 nitrogen and oxygen atoms in total. The van der Waals surface area contributed by atoms with Crippen molar-refractivity contribution < 1.29 is 0 Å². The largest absolute Gasteiger partial charge is 0.323 e. The van der Waals surface area contributed by atoms with E-state index in [1.165, 1.54) is 0 Å². The van der Waals surface area contributed by atoms with Gasteiger partial charge in [0.05, 0.1) is 11.2 Å². The number of halogens is 1. The first-order valence-electron chi connectivity index (χ1n) is 6.07. The summed E-state index contributed by atoms with van der Waals surface area (Å²) in [4.78, 5) is 8.73. The number of hydrogen-bond donors (Lipinski definition) is 3. The first kappa shape index (κ1) is 13.8. The summed E-state index contributed by atoms with van der Waals surface area (Å²) in [6, 6.07) is 7.94. The molecule has 0 aliphatic heterocycles. The predicted octanol–water partition coefficient (Wildman–Crippen LogP) is 2.64. The van der Waals surface area contributed by atoms with E-state index in [-0.39, 0.29) is 0 Å². The zero-order chi connectivity index (χ0) is 13.7. The van der Waals surface area contributed by atoms with E-state index in [0.29, 0.717) is 5.96 Å². The third kappa shape index (κ3) is 3.42. The van der Waals surface area contributed by atoms with Crippen LogP contribution in [0.3, 0.4) is 0 Å². The Morgan fingerprint density at radius 3 is 3.05 bits per heavy atom. The maximum absolute atomic E-state index is 5.46. The van der Waals surface area contributed by atoms with Crippen LogP contribution in [0.25, 0.3) is 10.9 Å². The van der Waals surface area contributed by atoms with Gasteiger partial charge < -0.3 is 5.32 Å². The fourth-order valence-corrected chi connectivity index (χ4v) is 2.06. The van der Waals surface area contributed by atoms with E-state index in [9.17, 15) is 0 Å². The Labute approximate surface area is 120 Å². The van der Waals surface area contributed by atoms with Crippen LogP contribution in [0.1, 0.15) is 13.3 Å². The highest BCUT2D eigenvalue weighted by atomic mass is 79.9. The van der Waals surface area contributed by atoms with Crippen molar-refractivity contribution in [2.75, 3.05) is 11.9 Å². The number of aliphatic imine (C=N–C) groups is 1. The standard InChI is InChI=1S/C13H16BrN5/c1-2-6-16-13(19-15)18-11-5-3-4-9-7-10(14)8-17-12(9)11/h3-5,7-8H,2,6,15H2,1H3,(H2,16,18,19). The number of nitrogens with one attached hydrogen (secondary N) is 2. The summed E-state index contributed by atoms with van der Waals surface area (Å²) in [6.45, 7) is 2.78. The minimum Gasteiger partial charge on any atom is -0.323 e. The lowest BCUT2D eigenvalue weighted by Crippen LogP contribution is -2.36. The Morgan fingerprint density at radius 1 is 1.47 bits per heavy atom. The van der Waals surface area contributed by atoms with Crippen LogP contribution in [0.2, 0.25) is 0 Å². The summed E-state index contributed by atoms with van der Waals surface area (Å²) < 4.78 is 0.953. The molecular formula is C13H16BrN5. The summed E-state index contributed by atoms with van der Waals surface area (Å²) in [5.74, 6) is 6.00. The normalized spacial score (nSPS) is 11.6. The number of hydrazine groups is 1. The van der Waals surface area contributed by atoms with Crippen LogP contribution < -0.4 is 16.6 Å². The van der Waals surface area contributed by atoms with E-state index in [0.717, 1.165) is 34.0 Å². The maximum Gasteiger partial charge on any atom is 0.210 e. The lowest BCUT2D eigenvalue weighted by Gasteiger charge is -2.11. The number of benzene rings is 1. The molecule has 4 N–H and O–H groups in total. The van der Waals surface area contributed by atoms with Crippen molar-refractivity contribution in [3.8, 4) is 0 Å². The minimum absolute atomic E-state index is 0.541. The predicted molar refractivity (Wildman–Crippen MR) is 83.0 cm³/mol. The van der Waals surface area contributed by atoms with Crippen LogP contribution in [0.4, 0.5) is 5.69 Å². The van der Waals surface area contributed by atoms with Crippen LogP contribution in [0.15, 0.2) is 39.9 Å². The number of para-hydroxylation sites is 1. The molecule has 1 aromatic heterocycles. The SMILES string of the molecule is CCCN=C(NN)Nc1cccc2cc(Br)cnc12. The lowest BCUT2D eigenvalue weighted by atomic mass is 10.2. The average Bonchev–Trinajstić information content (AvgIpc) is 2.43. The van der Waals surface area contributed by atoms with Gasteiger partial charge in [-0.2, -0.15) is 0 Å². The third-order valence-corrected chi connectivity index (χ3v) is 2.99. The molecule has 0 spiro atoms. The number of fused-ring (bicyclic) bond motifs is 1. The van der Waals surface area contributed by atoms with Crippen molar-refractivity contribution in [2.24, 2.45) is 10.8 Å². The van der Waals surface area contributed by atoms with Crippen LogP contribution in [-0.4, -0.2) is 17.5 Å². The van der Waals surface area contributed by atoms with Gasteiger partial charge in [-0.1, -0.05) is 19.1 Å². The molecule has 6 heteroatoms. The van der Waals surface area contributed by atoms with E-state index in [4.69, 9.17) is 5.84 Å². The van der Waals surface area contributed by atoms with Gasteiger partial charge in [-0.05, 0) is 34.5 Å². The van der Waals surface area contributed by atoms with E-state index in [1.54, 1.807) is 6.20 Å². The molecule has 2 aromatic rings. The van der Waals surface area contributed by atoms with Gasteiger partial charge in [0.15, 0.2) is 0 Å². The highest BCUT2D eigenvalue weighted by Gasteiger charge is 2.04. The van der Waals surface area contributed by atoms with Crippen molar-refractivity contribution in [1.29, 1.82) is 0 Å². The average molecular weight is 322 g/mol. The van der Waals surface area contributed by atoms with E-state index in [2.05, 4.69) is 43.6 Å². The number of nitrogens with zero attached hydrogens (tertiary/aromatic N) is 2. The Hall–Kier alpha value is -1.66. The molecule has 19 heavy (non-hydrogen) atoms. The molecule has 100 valence electrons. The van der Waals surface area contributed by atoms with Gasteiger partial charge in [-0.15, -0.1) is 0 Å². The molecule has 0 aliphatic carbocycles. The van der Waals surface area contributed by atoms with Crippen molar-refractivity contribution >= 4 is 38.5 Å².